The van der Waals surface area contributed by atoms with Gasteiger partial charge in [-0.15, -0.1) is 0 Å². The number of imidazole rings is 1. The summed E-state index contributed by atoms with van der Waals surface area (Å²) in [6, 6.07) is 0. The van der Waals surface area contributed by atoms with E-state index in [2.05, 4.69) is 23.8 Å². The number of ether oxygens (including phenoxy) is 1. The van der Waals surface area contributed by atoms with Crippen LogP contribution >= 0.6 is 23.0 Å². The van der Waals surface area contributed by atoms with E-state index in [0.717, 1.165) is 6.33 Å². The van der Waals surface area contributed by atoms with Crippen LogP contribution in [0.5, 0.6) is 0 Å². The second-order valence-electron chi connectivity index (χ2n) is 6.44. The average Bonchev–Trinajstić information content (AvgIpc) is 3.21. The summed E-state index contributed by atoms with van der Waals surface area (Å²) in [7, 11) is -17.3. The standard InChI is InChI=1S/C11H17FN5O12P3/c12-11(30(20,21)22)31(23,24)29-32(25,26)27-1-4-6(18)7(19)10(28-4)17-3-16-5-8(13)14-2-15-9(5)17/h2-4,6-7,10-11,18-19H,1H2,(H,23,24)(H,25,26)(H2,13,14,15)(H2,20,21,22)/t4?,6?,7?,10?,11-/m1/s1. The Morgan fingerprint density at radius 3 is 2.44 bits per heavy atom. The van der Waals surface area contributed by atoms with Crippen LogP contribution in [0.4, 0.5) is 10.2 Å². The van der Waals surface area contributed by atoms with Gasteiger partial charge in [0.25, 0.3) is 5.65 Å². The van der Waals surface area contributed by atoms with Gasteiger partial charge in [0.2, 0.25) is 0 Å². The van der Waals surface area contributed by atoms with Gasteiger partial charge >= 0.3 is 23.0 Å². The van der Waals surface area contributed by atoms with E-state index in [1.165, 1.54) is 10.9 Å². The van der Waals surface area contributed by atoms with Crippen LogP contribution in [-0.2, 0) is 27.3 Å². The largest absolute Gasteiger partial charge is 0.479 e. The first-order valence-electron chi connectivity index (χ1n) is 8.29. The molecule has 2 aromatic rings. The number of halogens is 1. The van der Waals surface area contributed by atoms with Gasteiger partial charge in [-0.1, -0.05) is 0 Å². The molecule has 17 nitrogen and oxygen atoms in total. The molecule has 32 heavy (non-hydrogen) atoms. The molecule has 0 saturated carbocycles. The number of nitrogen functional groups attached to an aromatic ring is 1. The number of phosphoric ester groups is 1. The molecule has 0 bridgehead atoms. The lowest BCUT2D eigenvalue weighted by atomic mass is 10.1. The average molecular weight is 523 g/mol. The number of nitrogens with two attached hydrogens (primary N) is 1. The van der Waals surface area contributed by atoms with Gasteiger partial charge in [0.05, 0.1) is 12.9 Å². The minimum atomic E-state index is -5.96. The topological polar surface area (TPSA) is 270 Å². The molecule has 0 aliphatic carbocycles. The summed E-state index contributed by atoms with van der Waals surface area (Å²) in [5.41, 5.74) is 2.14. The molecule has 21 heteroatoms. The quantitative estimate of drug-likeness (QED) is 0.200. The van der Waals surface area contributed by atoms with Crippen LogP contribution in [0, 0.1) is 0 Å². The first-order chi connectivity index (χ1) is 14.6. The fourth-order valence-corrected chi connectivity index (χ4v) is 6.64. The monoisotopic (exact) mass is 523 g/mol. The van der Waals surface area contributed by atoms with Crippen molar-refractivity contribution >= 4 is 40.0 Å². The Morgan fingerprint density at radius 1 is 1.16 bits per heavy atom. The number of aromatic nitrogens is 4. The van der Waals surface area contributed by atoms with Crippen molar-refractivity contribution in [2.75, 3.05) is 12.3 Å². The van der Waals surface area contributed by atoms with Gasteiger partial charge in [-0.05, 0) is 0 Å². The van der Waals surface area contributed by atoms with E-state index in [-0.39, 0.29) is 17.0 Å². The molecule has 3 rings (SSSR count). The second-order valence-corrected chi connectivity index (χ2v) is 11.9. The summed E-state index contributed by atoms with van der Waals surface area (Å²) in [5, 5.41) is 20.4. The molecule has 7 atom stereocenters. The van der Waals surface area contributed by atoms with Crippen LogP contribution < -0.4 is 5.73 Å². The van der Waals surface area contributed by atoms with Gasteiger partial charge in [0.1, 0.15) is 30.2 Å². The molecular weight excluding hydrogens is 506 g/mol. The number of aliphatic hydroxyl groups excluding tert-OH is 2. The summed E-state index contributed by atoms with van der Waals surface area (Å²) in [4.78, 5) is 47.6. The number of hydrogen-bond donors (Lipinski definition) is 7. The van der Waals surface area contributed by atoms with Crippen molar-refractivity contribution in [1.82, 2.24) is 19.5 Å². The molecule has 0 spiro atoms. The van der Waals surface area contributed by atoms with Crippen molar-refractivity contribution in [3.8, 4) is 0 Å². The van der Waals surface area contributed by atoms with Crippen molar-refractivity contribution in [2.45, 2.75) is 30.2 Å². The molecule has 180 valence electrons. The molecule has 1 fully saturated rings. The van der Waals surface area contributed by atoms with Crippen molar-refractivity contribution in [2.24, 2.45) is 0 Å². The minimum Gasteiger partial charge on any atom is -0.387 e. The summed E-state index contributed by atoms with van der Waals surface area (Å²) in [6.07, 6.45) is -3.92. The Hall–Kier alpha value is -1.39. The fourth-order valence-electron chi connectivity index (χ4n) is 2.72. The van der Waals surface area contributed by atoms with Crippen LogP contribution in [0.3, 0.4) is 0 Å². The van der Waals surface area contributed by atoms with E-state index in [1.54, 1.807) is 0 Å². The summed E-state index contributed by atoms with van der Waals surface area (Å²) >= 11 is 0. The van der Waals surface area contributed by atoms with Gasteiger partial charge in [-0.2, -0.15) is 0 Å². The van der Waals surface area contributed by atoms with Crippen LogP contribution in [0.2, 0.25) is 0 Å². The maximum Gasteiger partial charge on any atom is 0.479 e. The maximum absolute atomic E-state index is 13.4. The molecule has 0 radical (unpaired) electrons. The number of nitrogens with zero attached hydrogens (tertiary/aromatic N) is 4. The highest BCUT2D eigenvalue weighted by molar-refractivity contribution is 7.74. The van der Waals surface area contributed by atoms with E-state index >= 15 is 0 Å². The van der Waals surface area contributed by atoms with Crippen molar-refractivity contribution in [3.63, 3.8) is 0 Å². The van der Waals surface area contributed by atoms with E-state index in [9.17, 15) is 38.1 Å². The van der Waals surface area contributed by atoms with Gasteiger partial charge in [0, 0.05) is 0 Å². The lowest BCUT2D eigenvalue weighted by Gasteiger charge is -2.21. The highest BCUT2D eigenvalue weighted by Crippen LogP contribution is 2.70. The summed E-state index contributed by atoms with van der Waals surface area (Å²) < 4.78 is 62.2. The first kappa shape index (κ1) is 25.2. The van der Waals surface area contributed by atoms with Crippen molar-refractivity contribution in [3.05, 3.63) is 12.7 Å². The number of rotatable bonds is 8. The third-order valence-corrected chi connectivity index (χ3v) is 9.28. The fraction of sp³-hybridized carbons (Fsp3) is 0.545. The minimum absolute atomic E-state index is 0.0231. The SMILES string of the molecule is Nc1ncnc2c1ncn2C1OC(COP(=O)(O)OP(=O)(O)[C@H](F)P(=O)(O)O)C(O)C1O. The third kappa shape index (κ3) is 5.07. The zero-order valence-electron chi connectivity index (χ0n) is 15.5. The van der Waals surface area contributed by atoms with Crippen molar-refractivity contribution in [1.29, 1.82) is 0 Å². The molecule has 2 aromatic heterocycles. The molecule has 1 aliphatic heterocycles. The van der Waals surface area contributed by atoms with E-state index in [4.69, 9.17) is 20.3 Å². The van der Waals surface area contributed by atoms with Gasteiger partial charge < -0.3 is 40.3 Å². The second kappa shape index (κ2) is 8.76. The predicted octanol–water partition coefficient (Wildman–Crippen LogP) is -1.22. The normalized spacial score (nSPS) is 29.0. The number of anilines is 1. The zero-order valence-corrected chi connectivity index (χ0v) is 18.2. The lowest BCUT2D eigenvalue weighted by Crippen LogP contribution is -2.33. The highest BCUT2D eigenvalue weighted by Gasteiger charge is 2.51. The summed E-state index contributed by atoms with van der Waals surface area (Å²) in [6.45, 7) is -1.03. The van der Waals surface area contributed by atoms with E-state index in [0.29, 0.717) is 0 Å². The van der Waals surface area contributed by atoms with E-state index in [1.807, 2.05) is 0 Å². The Morgan fingerprint density at radius 2 is 1.81 bits per heavy atom. The van der Waals surface area contributed by atoms with Crippen LogP contribution in [0.25, 0.3) is 11.2 Å². The molecule has 8 N–H and O–H groups in total. The zero-order chi connectivity index (χ0) is 24.1. The van der Waals surface area contributed by atoms with Crippen LogP contribution in [0.1, 0.15) is 6.23 Å². The number of phosphoric acid groups is 1. The molecule has 1 saturated heterocycles. The summed E-state index contributed by atoms with van der Waals surface area (Å²) in [5.74, 6) is 0.0231. The predicted molar refractivity (Wildman–Crippen MR) is 99.3 cm³/mol. The molecule has 3 heterocycles. The Bertz CT molecular complexity index is 1140. The van der Waals surface area contributed by atoms with Crippen LogP contribution in [-0.4, -0.2) is 79.9 Å². The molecule has 6 unspecified atom stereocenters. The Labute approximate surface area is 176 Å². The number of aliphatic hydroxyl groups is 2. The number of hydrogen-bond acceptors (Lipinski definition) is 12. The molecular formula is C11H17FN5O12P3. The third-order valence-electron chi connectivity index (χ3n) is 4.17. The molecule has 0 amide bonds. The van der Waals surface area contributed by atoms with Gasteiger partial charge in [-0.3, -0.25) is 18.2 Å². The van der Waals surface area contributed by atoms with E-state index < -0.39 is 59.8 Å². The number of alkyl halides is 1. The lowest BCUT2D eigenvalue weighted by molar-refractivity contribution is -0.0502. The van der Waals surface area contributed by atoms with Gasteiger partial charge in [0.15, 0.2) is 17.7 Å². The maximum atomic E-state index is 13.4. The number of fused-ring (bicyclic) bond motifs is 1. The van der Waals surface area contributed by atoms with Crippen LogP contribution in [0.15, 0.2) is 12.7 Å². The Kier molecular flexibility index (Phi) is 6.91. The van der Waals surface area contributed by atoms with Crippen molar-refractivity contribution < 1.29 is 61.4 Å². The highest BCUT2D eigenvalue weighted by atomic mass is 31.3. The molecule has 0 aromatic carbocycles. The first-order valence-corrected chi connectivity index (χ1v) is 13.1. The molecule has 1 aliphatic rings. The smallest absolute Gasteiger partial charge is 0.387 e. The van der Waals surface area contributed by atoms with Gasteiger partial charge in [-0.25, -0.2) is 28.2 Å². The Balaban J connectivity index is 1.70.